The molecule has 116 valence electrons. The summed E-state index contributed by atoms with van der Waals surface area (Å²) in [7, 11) is 1.80. The van der Waals surface area contributed by atoms with Gasteiger partial charge in [0.1, 0.15) is 0 Å². The Kier molecular flexibility index (Phi) is 3.98. The summed E-state index contributed by atoms with van der Waals surface area (Å²) in [5.74, 6) is 0.323. The SMILES string of the molecule is Cc1cc(=O)c2cccc(C(=O)N(C)C[C@@H]3CCOC3)c2[nH]1. The van der Waals surface area contributed by atoms with Crippen molar-refractivity contribution in [1.82, 2.24) is 9.88 Å². The third kappa shape index (κ3) is 2.76. The first-order chi connectivity index (χ1) is 10.6. The number of hydrogen-bond acceptors (Lipinski definition) is 3. The second kappa shape index (κ2) is 5.93. The average Bonchev–Trinajstić information content (AvgIpc) is 2.98. The van der Waals surface area contributed by atoms with Gasteiger partial charge in [-0.1, -0.05) is 6.07 Å². The molecule has 0 spiro atoms. The molecule has 1 aromatic carbocycles. The van der Waals surface area contributed by atoms with E-state index in [0.29, 0.717) is 35.5 Å². The van der Waals surface area contributed by atoms with Crippen molar-refractivity contribution in [3.63, 3.8) is 0 Å². The number of hydrogen-bond donors (Lipinski definition) is 1. The standard InChI is InChI=1S/C17H20N2O3/c1-11-8-15(20)13-4-3-5-14(16(13)18-11)17(21)19(2)9-12-6-7-22-10-12/h3-5,8,12H,6-7,9-10H2,1-2H3,(H,18,20)/t12-/m0/s1. The maximum absolute atomic E-state index is 12.7. The number of benzene rings is 1. The van der Waals surface area contributed by atoms with E-state index < -0.39 is 0 Å². The van der Waals surface area contributed by atoms with Crippen LogP contribution in [0.5, 0.6) is 0 Å². The first-order valence-electron chi connectivity index (χ1n) is 7.52. The van der Waals surface area contributed by atoms with Crippen LogP contribution in [0, 0.1) is 12.8 Å². The average molecular weight is 300 g/mol. The fourth-order valence-electron chi connectivity index (χ4n) is 2.98. The summed E-state index contributed by atoms with van der Waals surface area (Å²) < 4.78 is 5.36. The van der Waals surface area contributed by atoms with Crippen molar-refractivity contribution >= 4 is 16.8 Å². The number of amides is 1. The van der Waals surface area contributed by atoms with E-state index in [1.807, 2.05) is 6.92 Å². The molecule has 1 saturated heterocycles. The highest BCUT2D eigenvalue weighted by molar-refractivity contribution is 6.05. The molecule has 22 heavy (non-hydrogen) atoms. The molecule has 1 amide bonds. The van der Waals surface area contributed by atoms with E-state index in [4.69, 9.17) is 4.74 Å². The molecule has 0 unspecified atom stereocenters. The lowest BCUT2D eigenvalue weighted by Crippen LogP contribution is -2.32. The molecule has 5 nitrogen and oxygen atoms in total. The molecule has 0 aliphatic carbocycles. The van der Waals surface area contributed by atoms with Gasteiger partial charge in [-0.25, -0.2) is 0 Å². The van der Waals surface area contributed by atoms with Crippen LogP contribution in [0.4, 0.5) is 0 Å². The van der Waals surface area contributed by atoms with Gasteiger partial charge in [0.2, 0.25) is 0 Å². The van der Waals surface area contributed by atoms with Gasteiger partial charge >= 0.3 is 0 Å². The Labute approximate surface area is 128 Å². The van der Waals surface area contributed by atoms with Crippen LogP contribution in [-0.2, 0) is 4.74 Å². The minimum Gasteiger partial charge on any atom is -0.381 e. The lowest BCUT2D eigenvalue weighted by molar-refractivity contribution is 0.0768. The summed E-state index contributed by atoms with van der Waals surface area (Å²) in [5, 5.41) is 0.550. The van der Waals surface area contributed by atoms with Crippen LogP contribution in [0.15, 0.2) is 29.1 Å². The lowest BCUT2D eigenvalue weighted by Gasteiger charge is -2.21. The highest BCUT2D eigenvalue weighted by Gasteiger charge is 2.22. The largest absolute Gasteiger partial charge is 0.381 e. The number of carbonyl (C=O) groups is 1. The van der Waals surface area contributed by atoms with Crippen molar-refractivity contribution in [3.05, 3.63) is 45.7 Å². The Balaban J connectivity index is 1.94. The van der Waals surface area contributed by atoms with Crippen molar-refractivity contribution in [3.8, 4) is 0 Å². The molecule has 1 aromatic heterocycles. The molecule has 2 aromatic rings. The van der Waals surface area contributed by atoms with Crippen molar-refractivity contribution < 1.29 is 9.53 Å². The first-order valence-corrected chi connectivity index (χ1v) is 7.52. The summed E-state index contributed by atoms with van der Waals surface area (Å²) in [6, 6.07) is 6.82. The highest BCUT2D eigenvalue weighted by Crippen LogP contribution is 2.18. The topological polar surface area (TPSA) is 62.4 Å². The van der Waals surface area contributed by atoms with E-state index >= 15 is 0 Å². The molecule has 1 aliphatic rings. The van der Waals surface area contributed by atoms with Gasteiger partial charge in [0.15, 0.2) is 5.43 Å². The number of nitrogens with zero attached hydrogens (tertiary/aromatic N) is 1. The van der Waals surface area contributed by atoms with Gasteiger partial charge in [0, 0.05) is 43.3 Å². The number of pyridine rings is 1. The Morgan fingerprint density at radius 1 is 1.45 bits per heavy atom. The van der Waals surface area contributed by atoms with Crippen LogP contribution in [0.3, 0.4) is 0 Å². The molecular formula is C17H20N2O3. The quantitative estimate of drug-likeness (QED) is 0.942. The summed E-state index contributed by atoms with van der Waals surface area (Å²) >= 11 is 0. The first kappa shape index (κ1) is 14.8. The van der Waals surface area contributed by atoms with Gasteiger partial charge < -0.3 is 14.6 Å². The number of aromatic amines is 1. The molecule has 1 aliphatic heterocycles. The Bertz CT molecular complexity index is 760. The highest BCUT2D eigenvalue weighted by atomic mass is 16.5. The van der Waals surface area contributed by atoms with E-state index in [-0.39, 0.29) is 11.3 Å². The van der Waals surface area contributed by atoms with Gasteiger partial charge in [-0.3, -0.25) is 9.59 Å². The molecule has 0 bridgehead atoms. The number of aryl methyl sites for hydroxylation is 1. The number of para-hydroxylation sites is 1. The van der Waals surface area contributed by atoms with Gasteiger partial charge in [-0.15, -0.1) is 0 Å². The van der Waals surface area contributed by atoms with E-state index in [1.165, 1.54) is 0 Å². The minimum atomic E-state index is -0.0706. The van der Waals surface area contributed by atoms with Crippen LogP contribution in [-0.4, -0.2) is 42.6 Å². The number of ether oxygens (including phenoxy) is 1. The third-order valence-corrected chi connectivity index (χ3v) is 4.13. The maximum Gasteiger partial charge on any atom is 0.255 e. The molecule has 3 rings (SSSR count). The van der Waals surface area contributed by atoms with Gasteiger partial charge in [-0.05, 0) is 25.5 Å². The Morgan fingerprint density at radius 3 is 3.00 bits per heavy atom. The number of aromatic nitrogens is 1. The number of H-pyrrole nitrogens is 1. The normalized spacial score (nSPS) is 17.8. The van der Waals surface area contributed by atoms with Gasteiger partial charge in [-0.2, -0.15) is 0 Å². The molecule has 0 radical (unpaired) electrons. The summed E-state index contributed by atoms with van der Waals surface area (Å²) in [6.07, 6.45) is 0.989. The number of carbonyl (C=O) groups excluding carboxylic acids is 1. The van der Waals surface area contributed by atoms with Crippen LogP contribution in [0.2, 0.25) is 0 Å². The smallest absolute Gasteiger partial charge is 0.255 e. The number of rotatable bonds is 3. The summed E-state index contributed by atoms with van der Waals surface area (Å²) in [4.78, 5) is 29.7. The summed E-state index contributed by atoms with van der Waals surface area (Å²) in [6.45, 7) is 3.98. The second-order valence-electron chi connectivity index (χ2n) is 5.96. The molecule has 0 saturated carbocycles. The zero-order chi connectivity index (χ0) is 15.7. The van der Waals surface area contributed by atoms with Crippen molar-refractivity contribution in [2.45, 2.75) is 13.3 Å². The van der Waals surface area contributed by atoms with Crippen molar-refractivity contribution in [2.24, 2.45) is 5.92 Å². The van der Waals surface area contributed by atoms with Gasteiger partial charge in [0.25, 0.3) is 5.91 Å². The molecular weight excluding hydrogens is 280 g/mol. The number of fused-ring (bicyclic) bond motifs is 1. The van der Waals surface area contributed by atoms with E-state index in [9.17, 15) is 9.59 Å². The molecule has 2 heterocycles. The second-order valence-corrected chi connectivity index (χ2v) is 5.96. The fourth-order valence-corrected chi connectivity index (χ4v) is 2.98. The predicted octanol–water partition coefficient (Wildman–Crippen LogP) is 1.95. The fraction of sp³-hybridized carbons (Fsp3) is 0.412. The predicted molar refractivity (Wildman–Crippen MR) is 85.2 cm³/mol. The Hall–Kier alpha value is -2.14. The molecule has 5 heteroatoms. The van der Waals surface area contributed by atoms with Crippen LogP contribution < -0.4 is 5.43 Å². The van der Waals surface area contributed by atoms with Gasteiger partial charge in [0.05, 0.1) is 17.7 Å². The molecule has 1 atom stereocenters. The summed E-state index contributed by atoms with van der Waals surface area (Å²) in [5.41, 5.74) is 1.85. The number of nitrogens with one attached hydrogen (secondary N) is 1. The third-order valence-electron chi connectivity index (χ3n) is 4.13. The van der Waals surface area contributed by atoms with Crippen molar-refractivity contribution in [1.29, 1.82) is 0 Å². The van der Waals surface area contributed by atoms with E-state index in [2.05, 4.69) is 4.98 Å². The van der Waals surface area contributed by atoms with Crippen LogP contribution >= 0.6 is 0 Å². The zero-order valence-electron chi connectivity index (χ0n) is 12.9. The van der Waals surface area contributed by atoms with E-state index in [1.54, 1.807) is 36.2 Å². The maximum atomic E-state index is 12.7. The molecule has 1 fully saturated rings. The monoisotopic (exact) mass is 300 g/mol. The van der Waals surface area contributed by atoms with Crippen LogP contribution in [0.25, 0.3) is 10.9 Å². The Morgan fingerprint density at radius 2 is 2.27 bits per heavy atom. The lowest BCUT2D eigenvalue weighted by atomic mass is 10.1. The van der Waals surface area contributed by atoms with Crippen LogP contribution in [0.1, 0.15) is 22.5 Å². The zero-order valence-corrected chi connectivity index (χ0v) is 12.9. The molecule has 1 N–H and O–H groups in total. The van der Waals surface area contributed by atoms with Crippen molar-refractivity contribution in [2.75, 3.05) is 26.8 Å². The minimum absolute atomic E-state index is 0.0623. The van der Waals surface area contributed by atoms with E-state index in [0.717, 1.165) is 18.7 Å².